The minimum atomic E-state index is -0.306. The van der Waals surface area contributed by atoms with E-state index in [1.54, 1.807) is 42.1 Å². The number of nitriles is 1. The molecular formula is C20H18N4O2S. The molecule has 0 saturated heterocycles. The highest BCUT2D eigenvalue weighted by Crippen LogP contribution is 2.16. The number of carbonyl (C=O) groups is 1. The topological polar surface area (TPSA) is 87.8 Å². The van der Waals surface area contributed by atoms with Crippen LogP contribution in [0.3, 0.4) is 0 Å². The molecule has 0 bridgehead atoms. The number of nitrogens with one attached hydrogen (secondary N) is 1. The van der Waals surface area contributed by atoms with Crippen LogP contribution in [0.15, 0.2) is 53.3 Å². The Bertz CT molecular complexity index is 1090. The molecule has 136 valence electrons. The van der Waals surface area contributed by atoms with Gasteiger partial charge in [-0.05, 0) is 17.7 Å². The zero-order valence-electron chi connectivity index (χ0n) is 14.8. The number of carbonyl (C=O) groups excluding carboxylic acids is 1. The van der Waals surface area contributed by atoms with Gasteiger partial charge in [0, 0.05) is 30.5 Å². The van der Waals surface area contributed by atoms with Crippen LogP contribution in [-0.4, -0.2) is 28.0 Å². The highest BCUT2D eigenvalue weighted by molar-refractivity contribution is 7.98. The van der Waals surface area contributed by atoms with Crippen LogP contribution >= 0.6 is 11.8 Å². The van der Waals surface area contributed by atoms with Crippen molar-refractivity contribution in [3.8, 4) is 6.07 Å². The van der Waals surface area contributed by atoms with E-state index in [0.29, 0.717) is 34.4 Å². The first kappa shape index (κ1) is 18.7. The number of thioether (sulfide) groups is 1. The molecule has 0 aliphatic rings. The van der Waals surface area contributed by atoms with Crippen molar-refractivity contribution < 1.29 is 4.79 Å². The standard InChI is InChI=1S/C20H18N4O2S/c1-24-20(26)17-9-5-4-8-16(17)18(23-24)19(25)22-10-11-27-13-15-7-3-2-6-14(15)12-21/h2-9H,10-11,13H2,1H3,(H,22,25). The molecule has 0 unspecified atom stereocenters. The number of aromatic nitrogens is 2. The van der Waals surface area contributed by atoms with Gasteiger partial charge < -0.3 is 5.32 Å². The maximum atomic E-state index is 12.5. The van der Waals surface area contributed by atoms with Gasteiger partial charge in [0.1, 0.15) is 0 Å². The molecule has 0 atom stereocenters. The molecule has 3 aromatic rings. The summed E-state index contributed by atoms with van der Waals surface area (Å²) in [4.78, 5) is 24.6. The maximum absolute atomic E-state index is 12.5. The Morgan fingerprint density at radius 3 is 2.67 bits per heavy atom. The number of fused-ring (bicyclic) bond motifs is 1. The Morgan fingerprint density at radius 2 is 1.89 bits per heavy atom. The number of amides is 1. The summed E-state index contributed by atoms with van der Waals surface area (Å²) in [6, 6.07) is 16.6. The molecule has 7 heteroatoms. The van der Waals surface area contributed by atoms with Gasteiger partial charge in [0.2, 0.25) is 0 Å². The van der Waals surface area contributed by atoms with E-state index in [1.165, 1.54) is 11.7 Å². The highest BCUT2D eigenvalue weighted by atomic mass is 32.2. The number of aryl methyl sites for hydroxylation is 1. The molecule has 2 aromatic carbocycles. The summed E-state index contributed by atoms with van der Waals surface area (Å²) < 4.78 is 1.19. The lowest BCUT2D eigenvalue weighted by atomic mass is 10.1. The first-order valence-corrected chi connectivity index (χ1v) is 9.57. The van der Waals surface area contributed by atoms with Gasteiger partial charge in [0.05, 0.1) is 17.0 Å². The third-order valence-electron chi connectivity index (χ3n) is 4.10. The molecule has 3 rings (SSSR count). The van der Waals surface area contributed by atoms with Crippen LogP contribution in [0.1, 0.15) is 21.6 Å². The quantitative estimate of drug-likeness (QED) is 0.666. The molecule has 27 heavy (non-hydrogen) atoms. The van der Waals surface area contributed by atoms with Crippen LogP contribution in [0.25, 0.3) is 10.8 Å². The number of hydrogen-bond acceptors (Lipinski definition) is 5. The third-order valence-corrected chi connectivity index (χ3v) is 5.11. The number of nitrogens with zero attached hydrogens (tertiary/aromatic N) is 3. The fraction of sp³-hybridized carbons (Fsp3) is 0.200. The molecule has 0 aliphatic heterocycles. The van der Waals surface area contributed by atoms with E-state index < -0.39 is 0 Å². The summed E-state index contributed by atoms with van der Waals surface area (Å²) in [5, 5.41) is 17.1. The van der Waals surface area contributed by atoms with Gasteiger partial charge in [0.25, 0.3) is 11.5 Å². The summed E-state index contributed by atoms with van der Waals surface area (Å²) in [5.41, 5.74) is 1.68. The highest BCUT2D eigenvalue weighted by Gasteiger charge is 2.15. The smallest absolute Gasteiger partial charge is 0.274 e. The zero-order chi connectivity index (χ0) is 19.2. The monoisotopic (exact) mass is 378 g/mol. The molecule has 1 N–H and O–H groups in total. The van der Waals surface area contributed by atoms with E-state index in [0.717, 1.165) is 5.56 Å². The van der Waals surface area contributed by atoms with E-state index in [-0.39, 0.29) is 17.2 Å². The van der Waals surface area contributed by atoms with Gasteiger partial charge in [-0.1, -0.05) is 36.4 Å². The molecule has 6 nitrogen and oxygen atoms in total. The molecular weight excluding hydrogens is 360 g/mol. The maximum Gasteiger partial charge on any atom is 0.274 e. The van der Waals surface area contributed by atoms with E-state index in [4.69, 9.17) is 5.26 Å². The second-order valence-electron chi connectivity index (χ2n) is 5.90. The first-order chi connectivity index (χ1) is 13.1. The van der Waals surface area contributed by atoms with E-state index in [9.17, 15) is 9.59 Å². The second kappa shape index (κ2) is 8.52. The summed E-state index contributed by atoms with van der Waals surface area (Å²) in [7, 11) is 1.54. The molecule has 0 fully saturated rings. The molecule has 0 spiro atoms. The van der Waals surface area contributed by atoms with Crippen LogP contribution in [0.2, 0.25) is 0 Å². The largest absolute Gasteiger partial charge is 0.350 e. The van der Waals surface area contributed by atoms with Crippen molar-refractivity contribution in [2.24, 2.45) is 7.05 Å². The fourth-order valence-electron chi connectivity index (χ4n) is 2.73. The van der Waals surface area contributed by atoms with Gasteiger partial charge in [0.15, 0.2) is 5.69 Å². The summed E-state index contributed by atoms with van der Waals surface area (Å²) in [6.07, 6.45) is 0. The lowest BCUT2D eigenvalue weighted by molar-refractivity contribution is 0.0951. The van der Waals surface area contributed by atoms with Crippen LogP contribution in [0.5, 0.6) is 0 Å². The molecule has 1 amide bonds. The Morgan fingerprint density at radius 1 is 1.19 bits per heavy atom. The van der Waals surface area contributed by atoms with Crippen LogP contribution < -0.4 is 10.9 Å². The van der Waals surface area contributed by atoms with Crippen LogP contribution in [0, 0.1) is 11.3 Å². The van der Waals surface area contributed by atoms with E-state index in [1.807, 2.05) is 18.2 Å². The average molecular weight is 378 g/mol. The number of rotatable bonds is 6. The predicted octanol–water partition coefficient (Wildman–Crippen LogP) is 2.47. The van der Waals surface area contributed by atoms with Crippen molar-refractivity contribution >= 4 is 28.4 Å². The van der Waals surface area contributed by atoms with Crippen molar-refractivity contribution in [2.75, 3.05) is 12.3 Å². The van der Waals surface area contributed by atoms with Gasteiger partial charge >= 0.3 is 0 Å². The van der Waals surface area contributed by atoms with E-state index >= 15 is 0 Å². The summed E-state index contributed by atoms with van der Waals surface area (Å²) in [5.74, 6) is 1.11. The van der Waals surface area contributed by atoms with Crippen molar-refractivity contribution in [1.82, 2.24) is 15.1 Å². The predicted molar refractivity (Wildman–Crippen MR) is 107 cm³/mol. The van der Waals surface area contributed by atoms with Crippen molar-refractivity contribution in [3.05, 3.63) is 75.7 Å². The van der Waals surface area contributed by atoms with Gasteiger partial charge in [-0.2, -0.15) is 22.1 Å². The summed E-state index contributed by atoms with van der Waals surface area (Å²) >= 11 is 1.64. The number of hydrogen-bond donors (Lipinski definition) is 1. The van der Waals surface area contributed by atoms with Gasteiger partial charge in [-0.25, -0.2) is 4.68 Å². The Labute approximate surface area is 160 Å². The van der Waals surface area contributed by atoms with Crippen LogP contribution in [0.4, 0.5) is 0 Å². The van der Waals surface area contributed by atoms with Gasteiger partial charge in [-0.3, -0.25) is 9.59 Å². The number of benzene rings is 2. The molecule has 1 heterocycles. The molecule has 0 aliphatic carbocycles. The normalized spacial score (nSPS) is 10.5. The fourth-order valence-corrected chi connectivity index (χ4v) is 3.59. The Kier molecular flexibility index (Phi) is 5.89. The Balaban J connectivity index is 1.61. The van der Waals surface area contributed by atoms with Gasteiger partial charge in [-0.15, -0.1) is 0 Å². The van der Waals surface area contributed by atoms with E-state index in [2.05, 4.69) is 16.5 Å². The molecule has 1 aromatic heterocycles. The molecule has 0 saturated carbocycles. The second-order valence-corrected chi connectivity index (χ2v) is 7.01. The minimum Gasteiger partial charge on any atom is -0.350 e. The van der Waals surface area contributed by atoms with Crippen LogP contribution in [-0.2, 0) is 12.8 Å². The van der Waals surface area contributed by atoms with Crippen molar-refractivity contribution in [3.63, 3.8) is 0 Å². The Hall–Kier alpha value is -3.11. The average Bonchev–Trinajstić information content (AvgIpc) is 2.70. The van der Waals surface area contributed by atoms with Crippen molar-refractivity contribution in [2.45, 2.75) is 5.75 Å². The SMILES string of the molecule is Cn1nc(C(=O)NCCSCc2ccccc2C#N)c2ccccc2c1=O. The summed E-state index contributed by atoms with van der Waals surface area (Å²) in [6.45, 7) is 0.469. The first-order valence-electron chi connectivity index (χ1n) is 8.42. The van der Waals surface area contributed by atoms with Crippen molar-refractivity contribution in [1.29, 1.82) is 5.26 Å². The lowest BCUT2D eigenvalue weighted by Crippen LogP contribution is -2.30. The third kappa shape index (κ3) is 4.18. The zero-order valence-corrected chi connectivity index (χ0v) is 15.6. The lowest BCUT2D eigenvalue weighted by Gasteiger charge is -2.09. The molecule has 0 radical (unpaired) electrons. The minimum absolute atomic E-state index is 0.228.